The number of anilines is 1. The van der Waals surface area contributed by atoms with Crippen LogP contribution in [0.3, 0.4) is 0 Å². The molecule has 9 nitrogen and oxygen atoms in total. The van der Waals surface area contributed by atoms with Gasteiger partial charge in [0.05, 0.1) is 25.5 Å². The summed E-state index contributed by atoms with van der Waals surface area (Å²) in [7, 11) is 0. The van der Waals surface area contributed by atoms with E-state index in [4.69, 9.17) is 42.1 Å². The fourth-order valence-corrected chi connectivity index (χ4v) is 4.51. The fourth-order valence-electron chi connectivity index (χ4n) is 4.05. The lowest BCUT2D eigenvalue weighted by Crippen LogP contribution is -2.54. The molecule has 0 bridgehead atoms. The number of nitrogens with one attached hydrogen (secondary N) is 1. The molecule has 1 aliphatic heterocycles. The van der Waals surface area contributed by atoms with Crippen molar-refractivity contribution in [1.29, 1.82) is 0 Å². The van der Waals surface area contributed by atoms with E-state index in [1.54, 1.807) is 55.5 Å². The van der Waals surface area contributed by atoms with Crippen molar-refractivity contribution in [1.82, 2.24) is 5.32 Å². The summed E-state index contributed by atoms with van der Waals surface area (Å²) in [5.41, 5.74) is 1.11. The summed E-state index contributed by atoms with van der Waals surface area (Å²) < 4.78 is 22.9. The van der Waals surface area contributed by atoms with E-state index in [0.717, 1.165) is 10.5 Å². The molecule has 1 aliphatic rings. The van der Waals surface area contributed by atoms with Gasteiger partial charge in [-0.15, -0.1) is 0 Å². The molecule has 11 heteroatoms. The summed E-state index contributed by atoms with van der Waals surface area (Å²) in [6.45, 7) is 6.60. The molecule has 1 N–H and O–H groups in total. The van der Waals surface area contributed by atoms with Crippen molar-refractivity contribution in [2.75, 3.05) is 24.7 Å². The first-order valence-electron chi connectivity index (χ1n) is 12.9. The molecular formula is C30H28Cl2N2O7. The van der Waals surface area contributed by atoms with Crippen LogP contribution in [-0.2, 0) is 16.2 Å². The molecule has 1 fully saturated rings. The van der Waals surface area contributed by atoms with Crippen LogP contribution in [0.2, 0.25) is 10.0 Å². The zero-order valence-corrected chi connectivity index (χ0v) is 24.2. The van der Waals surface area contributed by atoms with Gasteiger partial charge in [-0.05, 0) is 68.8 Å². The highest BCUT2D eigenvalue weighted by Crippen LogP contribution is 2.36. The Kier molecular flexibility index (Phi) is 9.75. The number of rotatable bonds is 11. The molecule has 0 saturated carbocycles. The Morgan fingerprint density at radius 3 is 2.20 bits per heavy atom. The standard InChI is InChI=1S/C30H28Cl2N2O7/c1-4-38-21-10-12-25(39-5-2)24(16-21)34-29(36)22(28(35)33-30(34)37)13-18-7-11-26(27(14-18)40-6-3)41-17-19-8-9-20(31)15-23(19)32/h7-16H,4-6,17H2,1-3H3,(H,33,35,37)/b22-13+. The van der Waals surface area contributed by atoms with E-state index in [2.05, 4.69) is 5.32 Å². The van der Waals surface area contributed by atoms with E-state index >= 15 is 0 Å². The molecule has 0 aromatic heterocycles. The van der Waals surface area contributed by atoms with Crippen molar-refractivity contribution in [3.8, 4) is 23.0 Å². The van der Waals surface area contributed by atoms with Crippen molar-refractivity contribution < 1.29 is 33.3 Å². The summed E-state index contributed by atoms with van der Waals surface area (Å²) in [6.07, 6.45) is 1.38. The van der Waals surface area contributed by atoms with Crippen molar-refractivity contribution in [2.24, 2.45) is 0 Å². The number of hydrogen-bond donors (Lipinski definition) is 1. The van der Waals surface area contributed by atoms with Gasteiger partial charge in [0.15, 0.2) is 11.5 Å². The van der Waals surface area contributed by atoms with Gasteiger partial charge >= 0.3 is 6.03 Å². The summed E-state index contributed by atoms with van der Waals surface area (Å²) in [4.78, 5) is 40.1. The molecular weight excluding hydrogens is 571 g/mol. The maximum Gasteiger partial charge on any atom is 0.336 e. The molecule has 4 amide bonds. The van der Waals surface area contributed by atoms with Gasteiger partial charge in [-0.25, -0.2) is 9.69 Å². The number of benzene rings is 3. The van der Waals surface area contributed by atoms with Crippen LogP contribution in [0.4, 0.5) is 10.5 Å². The minimum atomic E-state index is -0.897. The van der Waals surface area contributed by atoms with E-state index in [-0.39, 0.29) is 23.6 Å². The van der Waals surface area contributed by atoms with Gasteiger partial charge in [0.2, 0.25) is 0 Å². The van der Waals surface area contributed by atoms with Crippen LogP contribution in [-0.4, -0.2) is 37.7 Å². The van der Waals surface area contributed by atoms with Crippen LogP contribution in [0.1, 0.15) is 31.9 Å². The zero-order chi connectivity index (χ0) is 29.5. The van der Waals surface area contributed by atoms with Crippen LogP contribution in [0, 0.1) is 0 Å². The number of halogens is 2. The summed E-state index contributed by atoms with van der Waals surface area (Å²) in [5.74, 6) is -0.0910. The maximum atomic E-state index is 13.6. The Hall–Kier alpha value is -4.21. The number of hydrogen-bond acceptors (Lipinski definition) is 7. The molecule has 0 atom stereocenters. The topological polar surface area (TPSA) is 103 Å². The van der Waals surface area contributed by atoms with E-state index in [9.17, 15) is 14.4 Å². The van der Waals surface area contributed by atoms with Gasteiger partial charge in [-0.3, -0.25) is 14.9 Å². The molecule has 41 heavy (non-hydrogen) atoms. The smallest absolute Gasteiger partial charge is 0.336 e. The number of carbonyl (C=O) groups excluding carboxylic acids is 3. The molecule has 0 unspecified atom stereocenters. The second-order valence-corrected chi connectivity index (χ2v) is 9.46. The third kappa shape index (κ3) is 6.93. The number of ether oxygens (including phenoxy) is 4. The summed E-state index contributed by atoms with van der Waals surface area (Å²) in [5, 5.41) is 3.22. The first kappa shape index (κ1) is 29.8. The lowest BCUT2D eigenvalue weighted by molar-refractivity contribution is -0.122. The van der Waals surface area contributed by atoms with Gasteiger partial charge in [0.25, 0.3) is 11.8 Å². The SMILES string of the molecule is CCOc1ccc(OCC)c(N2C(=O)NC(=O)/C(=C\c3ccc(OCc4ccc(Cl)cc4Cl)c(OCC)c3)C2=O)c1. The molecule has 214 valence electrons. The third-order valence-electron chi connectivity index (χ3n) is 5.86. The average Bonchev–Trinajstić information content (AvgIpc) is 2.93. The molecule has 0 spiro atoms. The normalized spacial score (nSPS) is 14.2. The minimum Gasteiger partial charge on any atom is -0.494 e. The molecule has 3 aromatic rings. The quantitative estimate of drug-likeness (QED) is 0.200. The number of amides is 4. The molecule has 0 aliphatic carbocycles. The zero-order valence-electron chi connectivity index (χ0n) is 22.7. The Labute approximate surface area is 247 Å². The number of imide groups is 2. The highest BCUT2D eigenvalue weighted by Gasteiger charge is 2.38. The predicted molar refractivity (Wildman–Crippen MR) is 156 cm³/mol. The minimum absolute atomic E-state index is 0.151. The van der Waals surface area contributed by atoms with Crippen LogP contribution < -0.4 is 29.2 Å². The molecule has 4 rings (SSSR count). The van der Waals surface area contributed by atoms with Gasteiger partial charge in [-0.2, -0.15) is 0 Å². The lowest BCUT2D eigenvalue weighted by atomic mass is 10.1. The van der Waals surface area contributed by atoms with Crippen LogP contribution in [0.15, 0.2) is 60.2 Å². The second kappa shape index (κ2) is 13.4. The van der Waals surface area contributed by atoms with Crippen LogP contribution in [0.25, 0.3) is 6.08 Å². The number of barbiturate groups is 1. The van der Waals surface area contributed by atoms with E-state index < -0.39 is 17.8 Å². The fraction of sp³-hybridized carbons (Fsp3) is 0.233. The average molecular weight is 599 g/mol. The Morgan fingerprint density at radius 1 is 0.780 bits per heavy atom. The Balaban J connectivity index is 1.65. The number of urea groups is 1. The highest BCUT2D eigenvalue weighted by atomic mass is 35.5. The molecule has 3 aromatic carbocycles. The van der Waals surface area contributed by atoms with Gasteiger partial charge in [0.1, 0.15) is 23.7 Å². The van der Waals surface area contributed by atoms with Crippen LogP contribution in [0.5, 0.6) is 23.0 Å². The van der Waals surface area contributed by atoms with Gasteiger partial charge in [-0.1, -0.05) is 35.3 Å². The highest BCUT2D eigenvalue weighted by molar-refractivity contribution is 6.39. The van der Waals surface area contributed by atoms with Crippen molar-refractivity contribution in [3.05, 3.63) is 81.3 Å². The number of carbonyl (C=O) groups is 3. The van der Waals surface area contributed by atoms with E-state index in [1.807, 2.05) is 13.8 Å². The van der Waals surface area contributed by atoms with E-state index in [0.29, 0.717) is 52.7 Å². The Morgan fingerprint density at radius 2 is 1.49 bits per heavy atom. The molecule has 1 saturated heterocycles. The predicted octanol–water partition coefficient (Wildman–Crippen LogP) is 6.43. The van der Waals surface area contributed by atoms with E-state index in [1.165, 1.54) is 12.1 Å². The maximum absolute atomic E-state index is 13.6. The first-order valence-corrected chi connectivity index (χ1v) is 13.7. The van der Waals surface area contributed by atoms with Gasteiger partial charge < -0.3 is 18.9 Å². The number of nitrogens with zero attached hydrogens (tertiary/aromatic N) is 1. The van der Waals surface area contributed by atoms with Crippen molar-refractivity contribution >= 4 is 52.8 Å². The molecule has 1 heterocycles. The largest absolute Gasteiger partial charge is 0.494 e. The van der Waals surface area contributed by atoms with Gasteiger partial charge in [0, 0.05) is 21.7 Å². The summed E-state index contributed by atoms with van der Waals surface area (Å²) >= 11 is 12.2. The lowest BCUT2D eigenvalue weighted by Gasteiger charge is -2.28. The first-order chi connectivity index (χ1) is 19.7. The second-order valence-electron chi connectivity index (χ2n) is 8.62. The Bertz CT molecular complexity index is 1510. The monoisotopic (exact) mass is 598 g/mol. The van der Waals surface area contributed by atoms with Crippen molar-refractivity contribution in [2.45, 2.75) is 27.4 Å². The summed E-state index contributed by atoms with van der Waals surface area (Å²) in [6, 6.07) is 14.0. The van der Waals surface area contributed by atoms with Crippen molar-refractivity contribution in [3.63, 3.8) is 0 Å². The van der Waals surface area contributed by atoms with Crippen LogP contribution >= 0.6 is 23.2 Å². The molecule has 0 radical (unpaired) electrons. The third-order valence-corrected chi connectivity index (χ3v) is 6.45.